The molecule has 1 heterocycles. The third kappa shape index (κ3) is 2.90. The van der Waals surface area contributed by atoms with Crippen molar-refractivity contribution in [3.8, 4) is 0 Å². The maximum Gasteiger partial charge on any atom is 0.472 e. The first-order valence-corrected chi connectivity index (χ1v) is 3.91. The Hall–Kier alpha value is -1.31. The van der Waals surface area contributed by atoms with E-state index in [-0.39, 0.29) is 5.13 Å². The summed E-state index contributed by atoms with van der Waals surface area (Å²) in [5.74, 6) is -2.05. The second kappa shape index (κ2) is 3.60. The molecule has 0 spiro atoms. The highest BCUT2D eigenvalue weighted by Gasteiger charge is 2.38. The number of nitrogens with zero attached hydrogens (tertiary/aromatic N) is 1. The highest BCUT2D eigenvalue weighted by Crippen LogP contribution is 2.14. The molecule has 0 fully saturated rings. The van der Waals surface area contributed by atoms with Gasteiger partial charge in [0.05, 0.1) is 0 Å². The SMILES string of the molecule is O=C(NNc1nccs1)C(F)(F)F. The summed E-state index contributed by atoms with van der Waals surface area (Å²) in [6.07, 6.45) is -3.49. The molecule has 0 aliphatic carbocycles. The minimum atomic E-state index is -4.88. The van der Waals surface area contributed by atoms with Gasteiger partial charge in [-0.25, -0.2) is 4.98 Å². The van der Waals surface area contributed by atoms with Crippen molar-refractivity contribution < 1.29 is 18.0 Å². The second-order valence-electron chi connectivity index (χ2n) is 1.91. The Morgan fingerprint density at radius 3 is 2.69 bits per heavy atom. The van der Waals surface area contributed by atoms with Gasteiger partial charge in [-0.05, 0) is 0 Å². The van der Waals surface area contributed by atoms with Gasteiger partial charge in [0.2, 0.25) is 5.13 Å². The summed E-state index contributed by atoms with van der Waals surface area (Å²) in [5, 5.41) is 1.75. The van der Waals surface area contributed by atoms with E-state index < -0.39 is 12.1 Å². The molecule has 0 aliphatic heterocycles. The normalized spacial score (nSPS) is 11.0. The zero-order chi connectivity index (χ0) is 9.90. The third-order valence-electron chi connectivity index (χ3n) is 0.973. The summed E-state index contributed by atoms with van der Waals surface area (Å²) in [6.45, 7) is 0. The van der Waals surface area contributed by atoms with Gasteiger partial charge in [0.25, 0.3) is 0 Å². The van der Waals surface area contributed by atoms with Crippen molar-refractivity contribution in [1.82, 2.24) is 10.4 Å². The van der Waals surface area contributed by atoms with Crippen LogP contribution >= 0.6 is 11.3 Å². The largest absolute Gasteiger partial charge is 0.472 e. The number of thiazole rings is 1. The zero-order valence-corrected chi connectivity index (χ0v) is 6.87. The van der Waals surface area contributed by atoms with E-state index >= 15 is 0 Å². The van der Waals surface area contributed by atoms with Crippen molar-refractivity contribution in [1.29, 1.82) is 0 Å². The van der Waals surface area contributed by atoms with Crippen LogP contribution in [0.5, 0.6) is 0 Å². The predicted molar refractivity (Wildman–Crippen MR) is 39.9 cm³/mol. The van der Waals surface area contributed by atoms with Crippen LogP contribution in [-0.2, 0) is 4.79 Å². The molecule has 0 radical (unpaired) electrons. The number of anilines is 1. The van der Waals surface area contributed by atoms with Crippen LogP contribution in [0.25, 0.3) is 0 Å². The van der Waals surface area contributed by atoms with Crippen LogP contribution in [0.3, 0.4) is 0 Å². The molecule has 0 saturated carbocycles. The van der Waals surface area contributed by atoms with Gasteiger partial charge >= 0.3 is 12.1 Å². The van der Waals surface area contributed by atoms with Gasteiger partial charge in [-0.2, -0.15) is 13.2 Å². The second-order valence-corrected chi connectivity index (χ2v) is 2.81. The minimum absolute atomic E-state index is 0.192. The number of carbonyl (C=O) groups is 1. The lowest BCUT2D eigenvalue weighted by molar-refractivity contribution is -0.173. The van der Waals surface area contributed by atoms with Crippen molar-refractivity contribution in [3.63, 3.8) is 0 Å². The fourth-order valence-electron chi connectivity index (χ4n) is 0.466. The van der Waals surface area contributed by atoms with E-state index in [9.17, 15) is 18.0 Å². The van der Waals surface area contributed by atoms with Crippen LogP contribution in [0.4, 0.5) is 18.3 Å². The number of nitrogens with one attached hydrogen (secondary N) is 2. The first kappa shape index (κ1) is 9.78. The number of hydrogen-bond donors (Lipinski definition) is 2. The molecule has 13 heavy (non-hydrogen) atoms. The van der Waals surface area contributed by atoms with Gasteiger partial charge in [-0.1, -0.05) is 0 Å². The minimum Gasteiger partial charge on any atom is -0.273 e. The summed E-state index contributed by atoms with van der Waals surface area (Å²) in [7, 11) is 0. The van der Waals surface area contributed by atoms with Gasteiger partial charge in [0.15, 0.2) is 0 Å². The van der Waals surface area contributed by atoms with Crippen LogP contribution in [0, 0.1) is 0 Å². The van der Waals surface area contributed by atoms with Crippen LogP contribution in [-0.4, -0.2) is 17.1 Å². The number of hydrazine groups is 1. The lowest BCUT2D eigenvalue weighted by Crippen LogP contribution is -2.40. The van der Waals surface area contributed by atoms with Crippen molar-refractivity contribution in [2.75, 3.05) is 5.43 Å². The molecule has 1 aromatic heterocycles. The number of amides is 1. The van der Waals surface area contributed by atoms with Crippen molar-refractivity contribution >= 4 is 22.4 Å². The topological polar surface area (TPSA) is 54.0 Å². The summed E-state index contributed by atoms with van der Waals surface area (Å²) < 4.78 is 34.8. The third-order valence-corrected chi connectivity index (χ3v) is 1.66. The Labute approximate surface area is 74.7 Å². The standard InChI is InChI=1S/C5H4F3N3OS/c6-5(7,8)3(12)10-11-4-9-1-2-13-4/h1-2H,(H,9,11)(H,10,12). The summed E-state index contributed by atoms with van der Waals surface area (Å²) in [6, 6.07) is 0. The summed E-state index contributed by atoms with van der Waals surface area (Å²) >= 11 is 1.07. The Morgan fingerprint density at radius 1 is 1.54 bits per heavy atom. The van der Waals surface area contributed by atoms with Crippen LogP contribution < -0.4 is 10.9 Å². The molecule has 8 heteroatoms. The van der Waals surface area contributed by atoms with E-state index in [0.717, 1.165) is 11.3 Å². The molecule has 0 aromatic carbocycles. The van der Waals surface area contributed by atoms with Crippen LogP contribution in [0.2, 0.25) is 0 Å². The molecule has 1 amide bonds. The Morgan fingerprint density at radius 2 is 2.23 bits per heavy atom. The quantitative estimate of drug-likeness (QED) is 0.721. The molecule has 0 atom stereocenters. The van der Waals surface area contributed by atoms with Crippen molar-refractivity contribution in [2.24, 2.45) is 0 Å². The molecule has 0 unspecified atom stereocenters. The molecular weight excluding hydrogens is 207 g/mol. The Balaban J connectivity index is 2.40. The van der Waals surface area contributed by atoms with Gasteiger partial charge < -0.3 is 0 Å². The Kier molecular flexibility index (Phi) is 2.71. The van der Waals surface area contributed by atoms with Crippen LogP contribution in [0.1, 0.15) is 0 Å². The first-order valence-electron chi connectivity index (χ1n) is 3.03. The molecule has 0 aliphatic rings. The average molecular weight is 211 g/mol. The van der Waals surface area contributed by atoms with Gasteiger partial charge in [0, 0.05) is 11.6 Å². The molecule has 1 aromatic rings. The van der Waals surface area contributed by atoms with E-state index in [1.807, 2.05) is 5.43 Å². The molecule has 0 bridgehead atoms. The van der Waals surface area contributed by atoms with Gasteiger partial charge in [0.1, 0.15) is 0 Å². The molecule has 72 valence electrons. The highest BCUT2D eigenvalue weighted by molar-refractivity contribution is 7.13. The number of carbonyl (C=O) groups excluding carboxylic acids is 1. The lowest BCUT2D eigenvalue weighted by Gasteiger charge is -2.07. The van der Waals surface area contributed by atoms with E-state index in [2.05, 4.69) is 4.98 Å². The molecule has 2 N–H and O–H groups in total. The fourth-order valence-corrected chi connectivity index (χ4v) is 0.949. The van der Waals surface area contributed by atoms with E-state index in [1.54, 1.807) is 5.38 Å². The molecule has 1 rings (SSSR count). The maximum absolute atomic E-state index is 11.6. The average Bonchev–Trinajstić information content (AvgIpc) is 2.50. The number of aromatic nitrogens is 1. The van der Waals surface area contributed by atoms with Crippen molar-refractivity contribution in [2.45, 2.75) is 6.18 Å². The Bertz CT molecular complexity index is 284. The molecular formula is C5H4F3N3OS. The van der Waals surface area contributed by atoms with E-state index in [4.69, 9.17) is 0 Å². The number of halogens is 3. The number of alkyl halides is 3. The van der Waals surface area contributed by atoms with Gasteiger partial charge in [-0.15, -0.1) is 11.3 Å². The lowest BCUT2D eigenvalue weighted by atomic mass is 10.6. The van der Waals surface area contributed by atoms with E-state index in [0.29, 0.717) is 0 Å². The maximum atomic E-state index is 11.6. The molecule has 0 saturated heterocycles. The predicted octanol–water partition coefficient (Wildman–Crippen LogP) is 1.15. The first-order chi connectivity index (χ1) is 6.00. The molecule has 4 nitrogen and oxygen atoms in total. The smallest absolute Gasteiger partial charge is 0.273 e. The van der Waals surface area contributed by atoms with Crippen molar-refractivity contribution in [3.05, 3.63) is 11.6 Å². The number of hydrogen-bond acceptors (Lipinski definition) is 4. The summed E-state index contributed by atoms with van der Waals surface area (Å²) in [5.41, 5.74) is 3.48. The monoisotopic (exact) mass is 211 g/mol. The van der Waals surface area contributed by atoms with E-state index in [1.165, 1.54) is 11.6 Å². The van der Waals surface area contributed by atoms with Gasteiger partial charge in [-0.3, -0.25) is 15.6 Å². The highest BCUT2D eigenvalue weighted by atomic mass is 32.1. The zero-order valence-electron chi connectivity index (χ0n) is 6.05. The number of rotatable bonds is 2. The fraction of sp³-hybridized carbons (Fsp3) is 0.200. The summed E-state index contributed by atoms with van der Waals surface area (Å²) in [4.78, 5) is 13.8. The van der Waals surface area contributed by atoms with Crippen LogP contribution in [0.15, 0.2) is 11.6 Å².